The van der Waals surface area contributed by atoms with Gasteiger partial charge in [-0.2, -0.15) is 5.10 Å². The van der Waals surface area contributed by atoms with Gasteiger partial charge >= 0.3 is 0 Å². The van der Waals surface area contributed by atoms with Gasteiger partial charge in [-0.1, -0.05) is 6.92 Å². The topological polar surface area (TPSA) is 62.4 Å². The molecule has 0 saturated carbocycles. The molecule has 10 heavy (non-hydrogen) atoms. The summed E-state index contributed by atoms with van der Waals surface area (Å²) in [6, 6.07) is 0. The number of thiocarbonyl (C=S) groups is 1. The van der Waals surface area contributed by atoms with Gasteiger partial charge in [-0.25, -0.2) is 5.84 Å². The summed E-state index contributed by atoms with van der Waals surface area (Å²) in [5.41, 5.74) is 5.81. The molecule has 0 atom stereocenters. The minimum absolute atomic E-state index is 0.327. The van der Waals surface area contributed by atoms with E-state index in [0.29, 0.717) is 5.11 Å². The van der Waals surface area contributed by atoms with E-state index in [0.717, 1.165) is 12.1 Å². The lowest BCUT2D eigenvalue weighted by Gasteiger charge is -2.00. The number of hydrogen-bond donors (Lipinski definition) is 3. The second kappa shape index (κ2) is 5.13. The van der Waals surface area contributed by atoms with E-state index < -0.39 is 0 Å². The molecule has 0 radical (unpaired) electrons. The van der Waals surface area contributed by atoms with Crippen LogP contribution in [0.5, 0.6) is 0 Å². The summed E-state index contributed by atoms with van der Waals surface area (Å²) in [5.74, 6) is 4.98. The first kappa shape index (κ1) is 9.32. The third kappa shape index (κ3) is 4.22. The van der Waals surface area contributed by atoms with Crippen molar-refractivity contribution in [3.63, 3.8) is 0 Å². The second-order valence-electron chi connectivity index (χ2n) is 1.79. The molecule has 0 aromatic rings. The number of hydrazone groups is 1. The van der Waals surface area contributed by atoms with Gasteiger partial charge in [0.15, 0.2) is 0 Å². The molecular weight excluding hydrogens is 148 g/mol. The fourth-order valence-corrected chi connectivity index (χ4v) is 0.303. The third-order valence-corrected chi connectivity index (χ3v) is 1.20. The third-order valence-electron chi connectivity index (χ3n) is 0.991. The first-order valence-electron chi connectivity index (χ1n) is 3.00. The zero-order valence-corrected chi connectivity index (χ0v) is 6.96. The SMILES string of the molecule is CC/C(C)=N/NC(=S)NN. The van der Waals surface area contributed by atoms with Crippen molar-refractivity contribution in [2.24, 2.45) is 10.9 Å². The van der Waals surface area contributed by atoms with Gasteiger partial charge in [0.25, 0.3) is 0 Å². The van der Waals surface area contributed by atoms with E-state index in [1.165, 1.54) is 0 Å². The summed E-state index contributed by atoms with van der Waals surface area (Å²) in [5, 5.41) is 4.22. The van der Waals surface area contributed by atoms with Gasteiger partial charge in [0.2, 0.25) is 5.11 Å². The van der Waals surface area contributed by atoms with E-state index >= 15 is 0 Å². The summed E-state index contributed by atoms with van der Waals surface area (Å²) < 4.78 is 0. The molecule has 0 aliphatic carbocycles. The van der Waals surface area contributed by atoms with E-state index in [1.54, 1.807) is 0 Å². The van der Waals surface area contributed by atoms with Gasteiger partial charge in [-0.05, 0) is 25.6 Å². The van der Waals surface area contributed by atoms with E-state index in [1.807, 2.05) is 13.8 Å². The highest BCUT2D eigenvalue weighted by Crippen LogP contribution is 1.80. The summed E-state index contributed by atoms with van der Waals surface area (Å²) in [7, 11) is 0. The van der Waals surface area contributed by atoms with Gasteiger partial charge in [-0.15, -0.1) is 0 Å². The van der Waals surface area contributed by atoms with Gasteiger partial charge in [-0.3, -0.25) is 10.9 Å². The molecule has 0 spiro atoms. The summed E-state index contributed by atoms with van der Waals surface area (Å²) in [6.07, 6.45) is 0.903. The molecule has 4 nitrogen and oxygen atoms in total. The van der Waals surface area contributed by atoms with E-state index in [9.17, 15) is 0 Å². The number of nitrogens with zero attached hydrogens (tertiary/aromatic N) is 1. The van der Waals surface area contributed by atoms with Gasteiger partial charge < -0.3 is 0 Å². The van der Waals surface area contributed by atoms with Crippen LogP contribution < -0.4 is 16.7 Å². The summed E-state index contributed by atoms with van der Waals surface area (Å²) in [6.45, 7) is 3.92. The predicted molar refractivity (Wildman–Crippen MR) is 46.5 cm³/mol. The highest BCUT2D eigenvalue weighted by Gasteiger charge is 1.87. The van der Waals surface area contributed by atoms with Crippen molar-refractivity contribution in [1.29, 1.82) is 0 Å². The Hall–Kier alpha value is -0.680. The fraction of sp³-hybridized carbons (Fsp3) is 0.600. The Kier molecular flexibility index (Phi) is 4.78. The predicted octanol–water partition coefficient (Wildman–Crippen LogP) is 0.110. The molecule has 0 aliphatic rings. The summed E-state index contributed by atoms with van der Waals surface area (Å²) in [4.78, 5) is 0. The largest absolute Gasteiger partial charge is 0.300 e. The lowest BCUT2D eigenvalue weighted by molar-refractivity contribution is 0.919. The Bertz CT molecular complexity index is 143. The fourth-order valence-electron chi connectivity index (χ4n) is 0.258. The molecule has 0 fully saturated rings. The zero-order chi connectivity index (χ0) is 7.98. The van der Waals surface area contributed by atoms with Crippen LogP contribution in [-0.2, 0) is 0 Å². The molecular formula is C5H12N4S. The van der Waals surface area contributed by atoms with Crippen molar-refractivity contribution < 1.29 is 0 Å². The molecule has 0 amide bonds. The Morgan fingerprint density at radius 1 is 1.70 bits per heavy atom. The number of nitrogens with one attached hydrogen (secondary N) is 2. The minimum atomic E-state index is 0.327. The van der Waals surface area contributed by atoms with Crippen LogP contribution in [0.25, 0.3) is 0 Å². The van der Waals surface area contributed by atoms with Crippen LogP contribution in [0, 0.1) is 0 Å². The van der Waals surface area contributed by atoms with E-state index in [-0.39, 0.29) is 0 Å². The van der Waals surface area contributed by atoms with Crippen molar-refractivity contribution in [2.75, 3.05) is 0 Å². The Labute approximate surface area is 65.8 Å². The van der Waals surface area contributed by atoms with Crippen LogP contribution in [0.1, 0.15) is 20.3 Å². The molecule has 0 heterocycles. The molecule has 0 aliphatic heterocycles. The molecule has 0 aromatic heterocycles. The van der Waals surface area contributed by atoms with Crippen LogP contribution in [0.15, 0.2) is 5.10 Å². The Morgan fingerprint density at radius 2 is 2.30 bits per heavy atom. The second-order valence-corrected chi connectivity index (χ2v) is 2.19. The lowest BCUT2D eigenvalue weighted by atomic mass is 10.3. The van der Waals surface area contributed by atoms with Crippen molar-refractivity contribution >= 4 is 23.0 Å². The zero-order valence-electron chi connectivity index (χ0n) is 6.14. The van der Waals surface area contributed by atoms with Crippen LogP contribution in [0.2, 0.25) is 0 Å². The lowest BCUT2D eigenvalue weighted by Crippen LogP contribution is -2.37. The standard InChI is InChI=1S/C5H12N4S/c1-3-4(2)8-9-5(10)7-6/h3,6H2,1-2H3,(H2,7,9,10)/b8-4+. The van der Waals surface area contributed by atoms with Crippen molar-refractivity contribution in [1.82, 2.24) is 10.9 Å². The van der Waals surface area contributed by atoms with Gasteiger partial charge in [0, 0.05) is 5.71 Å². The molecule has 0 bridgehead atoms. The smallest absolute Gasteiger partial charge is 0.201 e. The van der Waals surface area contributed by atoms with Crippen LogP contribution in [0.3, 0.4) is 0 Å². The normalized spacial score (nSPS) is 10.9. The highest BCUT2D eigenvalue weighted by atomic mass is 32.1. The Morgan fingerprint density at radius 3 is 2.70 bits per heavy atom. The molecule has 4 N–H and O–H groups in total. The number of hydrogen-bond acceptors (Lipinski definition) is 3. The molecule has 0 aromatic carbocycles. The minimum Gasteiger partial charge on any atom is -0.300 e. The first-order valence-corrected chi connectivity index (χ1v) is 3.41. The number of hydrazine groups is 1. The molecule has 0 rings (SSSR count). The average Bonchev–Trinajstić information content (AvgIpc) is 1.99. The van der Waals surface area contributed by atoms with Crippen molar-refractivity contribution in [3.05, 3.63) is 0 Å². The Balaban J connectivity index is 3.61. The maximum atomic E-state index is 4.98. The molecule has 0 unspecified atom stereocenters. The summed E-state index contributed by atoms with van der Waals surface area (Å²) >= 11 is 4.67. The molecule has 5 heteroatoms. The number of nitrogens with two attached hydrogens (primary N) is 1. The maximum absolute atomic E-state index is 4.98. The van der Waals surface area contributed by atoms with Crippen molar-refractivity contribution in [3.8, 4) is 0 Å². The van der Waals surface area contributed by atoms with Crippen LogP contribution in [-0.4, -0.2) is 10.8 Å². The highest BCUT2D eigenvalue weighted by molar-refractivity contribution is 7.80. The average molecular weight is 160 g/mol. The molecule has 0 saturated heterocycles. The van der Waals surface area contributed by atoms with Crippen molar-refractivity contribution in [2.45, 2.75) is 20.3 Å². The molecule has 58 valence electrons. The first-order chi connectivity index (χ1) is 4.70. The van der Waals surface area contributed by atoms with E-state index in [4.69, 9.17) is 5.84 Å². The van der Waals surface area contributed by atoms with E-state index in [2.05, 4.69) is 28.2 Å². The monoisotopic (exact) mass is 160 g/mol. The van der Waals surface area contributed by atoms with Crippen LogP contribution >= 0.6 is 12.2 Å². The maximum Gasteiger partial charge on any atom is 0.201 e. The quantitative estimate of drug-likeness (QED) is 0.232. The van der Waals surface area contributed by atoms with Crippen LogP contribution in [0.4, 0.5) is 0 Å². The van der Waals surface area contributed by atoms with Gasteiger partial charge in [0.05, 0.1) is 0 Å². The number of rotatable bonds is 2. The van der Waals surface area contributed by atoms with Gasteiger partial charge in [0.1, 0.15) is 0 Å².